The molecular weight excluding hydrogens is 284 g/mol. The fourth-order valence-electron chi connectivity index (χ4n) is 1.68. The topological polar surface area (TPSA) is 52.6 Å². The Bertz CT molecular complexity index is 407. The van der Waals surface area contributed by atoms with Crippen LogP contribution < -0.4 is 5.32 Å². The van der Waals surface area contributed by atoms with Gasteiger partial charge >= 0.3 is 5.97 Å². The number of aromatic carboxylic acids is 1. The van der Waals surface area contributed by atoms with Crippen LogP contribution in [0.2, 0.25) is 0 Å². The van der Waals surface area contributed by atoms with E-state index in [1.807, 2.05) is 27.1 Å². The molecule has 1 aromatic rings. The molecule has 1 atom stereocenters. The van der Waals surface area contributed by atoms with Gasteiger partial charge in [-0.05, 0) is 39.2 Å². The van der Waals surface area contributed by atoms with Gasteiger partial charge in [0, 0.05) is 22.7 Å². The van der Waals surface area contributed by atoms with Crippen molar-refractivity contribution < 1.29 is 9.90 Å². The van der Waals surface area contributed by atoms with Crippen LogP contribution in [0, 0.1) is 0 Å². The Morgan fingerprint density at radius 3 is 2.71 bits per heavy atom. The zero-order valence-corrected chi connectivity index (χ0v) is 11.8. The largest absolute Gasteiger partial charge is 0.478 e. The smallest absolute Gasteiger partial charge is 0.337 e. The van der Waals surface area contributed by atoms with Crippen LogP contribution in [-0.4, -0.2) is 42.7 Å². The zero-order valence-electron chi connectivity index (χ0n) is 10.2. The summed E-state index contributed by atoms with van der Waals surface area (Å²) in [5.41, 5.74) is 0.931. The lowest BCUT2D eigenvalue weighted by Crippen LogP contribution is -2.30. The maximum absolute atomic E-state index is 11.1. The third-order valence-corrected chi connectivity index (χ3v) is 2.75. The van der Waals surface area contributed by atoms with Crippen molar-refractivity contribution in [3.8, 4) is 0 Å². The van der Waals surface area contributed by atoms with Gasteiger partial charge in [-0.1, -0.05) is 15.9 Å². The monoisotopic (exact) mass is 300 g/mol. The highest BCUT2D eigenvalue weighted by molar-refractivity contribution is 9.10. The number of carbonyl (C=O) groups is 1. The molecule has 0 bridgehead atoms. The predicted molar refractivity (Wildman–Crippen MR) is 72.7 cm³/mol. The number of carboxylic acids is 1. The fraction of sp³-hybridized carbons (Fsp3) is 0.417. The Labute approximate surface area is 110 Å². The van der Waals surface area contributed by atoms with E-state index in [1.165, 1.54) is 0 Å². The number of nitrogens with zero attached hydrogens (tertiary/aromatic N) is 1. The van der Waals surface area contributed by atoms with Crippen molar-refractivity contribution in [3.63, 3.8) is 0 Å². The second-order valence-electron chi connectivity index (χ2n) is 4.30. The summed E-state index contributed by atoms with van der Waals surface area (Å²) in [6, 6.07) is 5.40. The van der Waals surface area contributed by atoms with Crippen LogP contribution >= 0.6 is 15.9 Å². The van der Waals surface area contributed by atoms with Gasteiger partial charge in [0.05, 0.1) is 5.56 Å². The third kappa shape index (κ3) is 4.36. The molecule has 0 aliphatic carbocycles. The molecule has 0 amide bonds. The van der Waals surface area contributed by atoms with Gasteiger partial charge in [-0.15, -0.1) is 0 Å². The number of rotatable bonds is 5. The summed E-state index contributed by atoms with van der Waals surface area (Å²) in [7, 11) is 3.97. The molecule has 0 aliphatic heterocycles. The van der Waals surface area contributed by atoms with Crippen LogP contribution in [0.5, 0.6) is 0 Å². The molecule has 0 spiro atoms. The molecule has 5 heteroatoms. The van der Waals surface area contributed by atoms with E-state index in [9.17, 15) is 4.79 Å². The Balaban J connectivity index is 2.86. The number of carboxylic acid groups (broad SMARTS) is 1. The van der Waals surface area contributed by atoms with E-state index in [0.717, 1.165) is 11.0 Å². The van der Waals surface area contributed by atoms with Gasteiger partial charge in [0.25, 0.3) is 0 Å². The van der Waals surface area contributed by atoms with Crippen LogP contribution in [0.25, 0.3) is 0 Å². The Kier molecular flexibility index (Phi) is 4.96. The first-order valence-electron chi connectivity index (χ1n) is 5.34. The first-order chi connectivity index (χ1) is 7.90. The molecule has 1 rings (SSSR count). The molecule has 94 valence electrons. The quantitative estimate of drug-likeness (QED) is 0.877. The maximum Gasteiger partial charge on any atom is 0.337 e. The average molecular weight is 301 g/mol. The highest BCUT2D eigenvalue weighted by atomic mass is 79.9. The van der Waals surface area contributed by atoms with Crippen LogP contribution in [-0.2, 0) is 0 Å². The van der Waals surface area contributed by atoms with Crippen molar-refractivity contribution in [2.24, 2.45) is 0 Å². The number of hydrogen-bond donors (Lipinski definition) is 2. The minimum Gasteiger partial charge on any atom is -0.478 e. The third-order valence-electron chi connectivity index (χ3n) is 2.25. The molecule has 0 fully saturated rings. The summed E-state index contributed by atoms with van der Waals surface area (Å²) in [4.78, 5) is 13.2. The van der Waals surface area contributed by atoms with Gasteiger partial charge in [0.15, 0.2) is 0 Å². The first kappa shape index (κ1) is 14.0. The van der Waals surface area contributed by atoms with Gasteiger partial charge in [-0.3, -0.25) is 0 Å². The predicted octanol–water partition coefficient (Wildman–Crippen LogP) is 2.51. The summed E-state index contributed by atoms with van der Waals surface area (Å²) in [6.45, 7) is 2.86. The lowest BCUT2D eigenvalue weighted by atomic mass is 10.1. The Hall–Kier alpha value is -1.07. The number of hydrogen-bond acceptors (Lipinski definition) is 3. The standard InChI is InChI=1S/C12H17BrN2O2/c1-8(7-15(2)3)14-11-5-4-9(13)6-10(11)12(16)17/h4-6,8,14H,7H2,1-3H3,(H,16,17). The normalized spacial score (nSPS) is 12.5. The molecule has 4 nitrogen and oxygen atoms in total. The number of nitrogens with one attached hydrogen (secondary N) is 1. The van der Waals surface area contributed by atoms with Crippen molar-refractivity contribution in [1.29, 1.82) is 0 Å². The van der Waals surface area contributed by atoms with Crippen LogP contribution in [0.3, 0.4) is 0 Å². The van der Waals surface area contributed by atoms with Crippen molar-refractivity contribution in [1.82, 2.24) is 4.90 Å². The molecule has 0 heterocycles. The summed E-state index contributed by atoms with van der Waals surface area (Å²) >= 11 is 3.27. The van der Waals surface area contributed by atoms with E-state index >= 15 is 0 Å². The second-order valence-corrected chi connectivity index (χ2v) is 5.22. The molecule has 1 unspecified atom stereocenters. The molecule has 1 aromatic carbocycles. The number of anilines is 1. The van der Waals surface area contributed by atoms with Gasteiger partial charge in [-0.25, -0.2) is 4.79 Å². The Morgan fingerprint density at radius 1 is 1.53 bits per heavy atom. The minimum absolute atomic E-state index is 0.185. The van der Waals surface area contributed by atoms with Gasteiger partial charge < -0.3 is 15.3 Å². The van der Waals surface area contributed by atoms with Crippen LogP contribution in [0.15, 0.2) is 22.7 Å². The zero-order chi connectivity index (χ0) is 13.0. The van der Waals surface area contributed by atoms with E-state index in [-0.39, 0.29) is 11.6 Å². The maximum atomic E-state index is 11.1. The van der Waals surface area contributed by atoms with E-state index < -0.39 is 5.97 Å². The molecular formula is C12H17BrN2O2. The molecule has 17 heavy (non-hydrogen) atoms. The van der Waals surface area contributed by atoms with E-state index in [2.05, 4.69) is 26.1 Å². The second kappa shape index (κ2) is 6.02. The molecule has 2 N–H and O–H groups in total. The highest BCUT2D eigenvalue weighted by Gasteiger charge is 2.12. The highest BCUT2D eigenvalue weighted by Crippen LogP contribution is 2.21. The molecule has 0 saturated carbocycles. The molecule has 0 saturated heterocycles. The van der Waals surface area contributed by atoms with Gasteiger partial charge in [0.1, 0.15) is 0 Å². The van der Waals surface area contributed by atoms with Crippen molar-refractivity contribution in [2.75, 3.05) is 26.0 Å². The van der Waals surface area contributed by atoms with Gasteiger partial charge in [0.2, 0.25) is 0 Å². The lowest BCUT2D eigenvalue weighted by molar-refractivity contribution is 0.0698. The average Bonchev–Trinajstić information content (AvgIpc) is 2.19. The SMILES string of the molecule is CC(CN(C)C)Nc1ccc(Br)cc1C(=O)O. The first-order valence-corrected chi connectivity index (χ1v) is 6.13. The van der Waals surface area contributed by atoms with Crippen LogP contribution in [0.1, 0.15) is 17.3 Å². The minimum atomic E-state index is -0.925. The van der Waals surface area contributed by atoms with E-state index in [1.54, 1.807) is 12.1 Å². The van der Waals surface area contributed by atoms with E-state index in [0.29, 0.717) is 5.69 Å². The molecule has 0 radical (unpaired) electrons. The molecule has 0 aliphatic rings. The summed E-state index contributed by atoms with van der Waals surface area (Å²) in [5.74, 6) is -0.925. The van der Waals surface area contributed by atoms with Crippen molar-refractivity contribution in [3.05, 3.63) is 28.2 Å². The fourth-order valence-corrected chi connectivity index (χ4v) is 2.04. The van der Waals surface area contributed by atoms with Crippen molar-refractivity contribution in [2.45, 2.75) is 13.0 Å². The number of likely N-dealkylation sites (N-methyl/N-ethyl adjacent to an activating group) is 1. The number of halogens is 1. The molecule has 0 aromatic heterocycles. The van der Waals surface area contributed by atoms with Crippen LogP contribution in [0.4, 0.5) is 5.69 Å². The lowest BCUT2D eigenvalue weighted by Gasteiger charge is -2.20. The Morgan fingerprint density at radius 2 is 2.18 bits per heavy atom. The summed E-state index contributed by atoms with van der Waals surface area (Å²) in [6.07, 6.45) is 0. The summed E-state index contributed by atoms with van der Waals surface area (Å²) < 4.78 is 0.765. The summed E-state index contributed by atoms with van der Waals surface area (Å²) in [5, 5.41) is 12.3. The number of benzene rings is 1. The van der Waals surface area contributed by atoms with Crippen molar-refractivity contribution >= 4 is 27.6 Å². The van der Waals surface area contributed by atoms with E-state index in [4.69, 9.17) is 5.11 Å². The van der Waals surface area contributed by atoms with Gasteiger partial charge in [-0.2, -0.15) is 0 Å².